The van der Waals surface area contributed by atoms with Gasteiger partial charge in [-0.3, -0.25) is 0 Å². The Labute approximate surface area is 137 Å². The van der Waals surface area contributed by atoms with Crippen LogP contribution in [0, 0.1) is 0 Å². The third kappa shape index (κ3) is 6.08. The molecule has 1 unspecified atom stereocenters. The topological polar surface area (TPSA) is 96.3 Å². The van der Waals surface area contributed by atoms with Crippen LogP contribution in [-0.2, 0) is 0 Å². The van der Waals surface area contributed by atoms with Crippen molar-refractivity contribution in [2.75, 3.05) is 35.3 Å². The molecule has 7 N–H and O–H groups in total. The first-order chi connectivity index (χ1) is 11.2. The minimum Gasteiger partial charge on any atom is -0.399 e. The van der Waals surface area contributed by atoms with Crippen LogP contribution in [-0.4, -0.2) is 24.3 Å². The number of hydrogen-bond acceptors (Lipinski definition) is 5. The third-order valence-corrected chi connectivity index (χ3v) is 3.73. The summed E-state index contributed by atoms with van der Waals surface area (Å²) in [5.74, 6) is 0. The van der Waals surface area contributed by atoms with E-state index < -0.39 is 0 Å². The Bertz CT molecular complexity index is 569. The molecular formula is C18H26N4O. The molecule has 0 aliphatic rings. The Balaban J connectivity index is 1.75. The van der Waals surface area contributed by atoms with E-state index in [1.165, 1.54) is 0 Å². The Morgan fingerprint density at radius 3 is 1.96 bits per heavy atom. The summed E-state index contributed by atoms with van der Waals surface area (Å²) in [6.07, 6.45) is 2.72. The van der Waals surface area contributed by atoms with Crippen LogP contribution in [0.25, 0.3) is 0 Å². The van der Waals surface area contributed by atoms with Gasteiger partial charge in [0.25, 0.3) is 0 Å². The lowest BCUT2D eigenvalue weighted by Gasteiger charge is -2.19. The van der Waals surface area contributed by atoms with Crippen LogP contribution in [0.5, 0.6) is 0 Å². The minimum absolute atomic E-state index is 0.179. The second-order valence-electron chi connectivity index (χ2n) is 5.67. The molecule has 0 spiro atoms. The molecule has 2 aromatic rings. The molecular weight excluding hydrogens is 288 g/mol. The molecule has 23 heavy (non-hydrogen) atoms. The van der Waals surface area contributed by atoms with Gasteiger partial charge in [0.1, 0.15) is 0 Å². The summed E-state index contributed by atoms with van der Waals surface area (Å²) < 4.78 is 0. The number of aliphatic hydroxyl groups excluding tert-OH is 1. The smallest absolute Gasteiger partial charge is 0.0450 e. The van der Waals surface area contributed by atoms with E-state index in [0.717, 1.165) is 48.6 Å². The fourth-order valence-corrected chi connectivity index (χ4v) is 2.44. The van der Waals surface area contributed by atoms with Gasteiger partial charge in [0, 0.05) is 41.9 Å². The van der Waals surface area contributed by atoms with E-state index in [1.807, 2.05) is 48.5 Å². The van der Waals surface area contributed by atoms with Crippen LogP contribution in [0.15, 0.2) is 48.5 Å². The summed E-state index contributed by atoms with van der Waals surface area (Å²) >= 11 is 0. The van der Waals surface area contributed by atoms with E-state index in [0.29, 0.717) is 0 Å². The molecule has 2 aromatic carbocycles. The number of nitrogens with one attached hydrogen (secondary N) is 2. The third-order valence-electron chi connectivity index (χ3n) is 3.73. The van der Waals surface area contributed by atoms with Gasteiger partial charge in [0.2, 0.25) is 0 Å². The Morgan fingerprint density at radius 2 is 1.39 bits per heavy atom. The molecule has 2 rings (SSSR count). The van der Waals surface area contributed by atoms with Gasteiger partial charge in [0.05, 0.1) is 0 Å². The van der Waals surface area contributed by atoms with Crippen molar-refractivity contribution < 1.29 is 5.11 Å². The highest BCUT2D eigenvalue weighted by Crippen LogP contribution is 2.16. The molecule has 5 nitrogen and oxygen atoms in total. The molecule has 1 atom stereocenters. The van der Waals surface area contributed by atoms with E-state index in [2.05, 4.69) is 10.6 Å². The fourth-order valence-electron chi connectivity index (χ4n) is 2.44. The van der Waals surface area contributed by atoms with Crippen LogP contribution in [0.4, 0.5) is 22.7 Å². The standard InChI is InChI=1S/C18H26N4O/c19-14-3-7-16(8-4-14)21-12-1-2-17(11-13-23)22-18-9-5-15(20)6-10-18/h3-10,17,21-23H,1-2,11-13,19-20H2. The van der Waals surface area contributed by atoms with E-state index in [4.69, 9.17) is 11.5 Å². The highest BCUT2D eigenvalue weighted by Gasteiger charge is 2.08. The molecule has 0 amide bonds. The van der Waals surface area contributed by atoms with E-state index in [-0.39, 0.29) is 12.6 Å². The van der Waals surface area contributed by atoms with Gasteiger partial charge in [-0.25, -0.2) is 0 Å². The van der Waals surface area contributed by atoms with Crippen molar-refractivity contribution in [1.29, 1.82) is 0 Å². The number of aliphatic hydroxyl groups is 1. The van der Waals surface area contributed by atoms with E-state index >= 15 is 0 Å². The van der Waals surface area contributed by atoms with Gasteiger partial charge in [-0.05, 0) is 67.8 Å². The maximum Gasteiger partial charge on any atom is 0.0450 e. The molecule has 5 heteroatoms. The zero-order chi connectivity index (χ0) is 16.5. The summed E-state index contributed by atoms with van der Waals surface area (Å²) in [6, 6.07) is 15.7. The predicted octanol–water partition coefficient (Wildman–Crippen LogP) is 2.91. The summed E-state index contributed by atoms with van der Waals surface area (Å²) in [5, 5.41) is 16.1. The molecule has 0 aromatic heterocycles. The molecule has 0 bridgehead atoms. The maximum atomic E-state index is 9.23. The quantitative estimate of drug-likeness (QED) is 0.362. The van der Waals surface area contributed by atoms with Crippen LogP contribution >= 0.6 is 0 Å². The van der Waals surface area contributed by atoms with E-state index in [1.54, 1.807) is 0 Å². The average Bonchev–Trinajstić information content (AvgIpc) is 2.55. The number of nitrogen functional groups attached to an aromatic ring is 2. The fraction of sp³-hybridized carbons (Fsp3) is 0.333. The van der Waals surface area contributed by atoms with Crippen molar-refractivity contribution in [3.8, 4) is 0 Å². The predicted molar refractivity (Wildman–Crippen MR) is 98.5 cm³/mol. The molecule has 0 fully saturated rings. The summed E-state index contributed by atoms with van der Waals surface area (Å²) in [4.78, 5) is 0. The lowest BCUT2D eigenvalue weighted by molar-refractivity contribution is 0.276. The largest absolute Gasteiger partial charge is 0.399 e. The van der Waals surface area contributed by atoms with E-state index in [9.17, 15) is 5.11 Å². The van der Waals surface area contributed by atoms with Crippen LogP contribution in [0.2, 0.25) is 0 Å². The van der Waals surface area contributed by atoms with Crippen molar-refractivity contribution in [1.82, 2.24) is 0 Å². The molecule has 0 heterocycles. The lowest BCUT2D eigenvalue weighted by Crippen LogP contribution is -2.22. The minimum atomic E-state index is 0.179. The first-order valence-electron chi connectivity index (χ1n) is 8.00. The van der Waals surface area contributed by atoms with Crippen LogP contribution in [0.3, 0.4) is 0 Å². The van der Waals surface area contributed by atoms with Crippen molar-refractivity contribution in [3.05, 3.63) is 48.5 Å². The maximum absolute atomic E-state index is 9.23. The first kappa shape index (κ1) is 17.0. The number of anilines is 4. The summed E-state index contributed by atoms with van der Waals surface area (Å²) in [7, 11) is 0. The highest BCUT2D eigenvalue weighted by molar-refractivity contribution is 5.52. The molecule has 0 radical (unpaired) electrons. The summed E-state index contributed by atoms with van der Waals surface area (Å²) in [6.45, 7) is 1.06. The zero-order valence-corrected chi connectivity index (χ0v) is 13.3. The normalized spacial score (nSPS) is 11.9. The van der Waals surface area contributed by atoms with Crippen molar-refractivity contribution in [3.63, 3.8) is 0 Å². The van der Waals surface area contributed by atoms with Gasteiger partial charge in [0.15, 0.2) is 0 Å². The van der Waals surface area contributed by atoms with Gasteiger partial charge in [-0.1, -0.05) is 0 Å². The number of nitrogens with two attached hydrogens (primary N) is 2. The van der Waals surface area contributed by atoms with Crippen LogP contribution in [0.1, 0.15) is 19.3 Å². The van der Waals surface area contributed by atoms with Crippen molar-refractivity contribution in [2.45, 2.75) is 25.3 Å². The van der Waals surface area contributed by atoms with Gasteiger partial charge in [-0.15, -0.1) is 0 Å². The lowest BCUT2D eigenvalue weighted by atomic mass is 10.1. The Hall–Kier alpha value is -2.40. The van der Waals surface area contributed by atoms with Gasteiger partial charge >= 0.3 is 0 Å². The molecule has 0 aliphatic carbocycles. The first-order valence-corrected chi connectivity index (χ1v) is 8.00. The number of benzene rings is 2. The zero-order valence-electron chi connectivity index (χ0n) is 13.3. The Kier molecular flexibility index (Phi) is 6.56. The molecule has 124 valence electrons. The molecule has 0 aliphatic heterocycles. The molecule has 0 saturated heterocycles. The SMILES string of the molecule is Nc1ccc(NCCCC(CCO)Nc2ccc(N)cc2)cc1. The van der Waals surface area contributed by atoms with Crippen molar-refractivity contribution >= 4 is 22.7 Å². The second-order valence-corrected chi connectivity index (χ2v) is 5.67. The average molecular weight is 314 g/mol. The number of rotatable bonds is 9. The number of hydrogen-bond donors (Lipinski definition) is 5. The molecule has 0 saturated carbocycles. The Morgan fingerprint density at radius 1 is 0.826 bits per heavy atom. The monoisotopic (exact) mass is 314 g/mol. The van der Waals surface area contributed by atoms with Gasteiger partial charge in [-0.2, -0.15) is 0 Å². The summed E-state index contributed by atoms with van der Waals surface area (Å²) in [5.41, 5.74) is 15.0. The van der Waals surface area contributed by atoms with Gasteiger partial charge < -0.3 is 27.2 Å². The van der Waals surface area contributed by atoms with Crippen LogP contribution < -0.4 is 22.1 Å². The highest BCUT2D eigenvalue weighted by atomic mass is 16.3. The second kappa shape index (κ2) is 8.90. The van der Waals surface area contributed by atoms with Crippen molar-refractivity contribution in [2.24, 2.45) is 0 Å².